The van der Waals surface area contributed by atoms with E-state index in [1.165, 1.54) is 42.8 Å². The van der Waals surface area contributed by atoms with Gasteiger partial charge in [-0.1, -0.05) is 19.3 Å². The fraction of sp³-hybridized carbons (Fsp3) is 0.789. The number of aromatic nitrogens is 1. The highest BCUT2D eigenvalue weighted by Gasteiger charge is 2.23. The normalized spacial score (nSPS) is 23.7. The summed E-state index contributed by atoms with van der Waals surface area (Å²) in [5, 5.41) is 12.6. The van der Waals surface area contributed by atoms with E-state index in [1.54, 1.807) is 0 Å². The Kier molecular flexibility index (Phi) is 6.84. The topological polar surface area (TPSA) is 56.7 Å². The van der Waals surface area contributed by atoms with E-state index in [-0.39, 0.29) is 6.54 Å². The first kappa shape index (κ1) is 18.8. The standard InChI is InChI=1S/C19H31N3O2S/c1-21(13-18(23)24)17-8-5-10-22(11-9-17)12-16-14-25-19(20-16)15-6-3-2-4-7-15/h14-15,17H,2-13H2,1H3,(H,23,24). The third-order valence-electron chi connectivity index (χ3n) is 5.71. The molecule has 1 atom stereocenters. The summed E-state index contributed by atoms with van der Waals surface area (Å²) in [6, 6.07) is 0.384. The Morgan fingerprint density at radius 3 is 2.80 bits per heavy atom. The molecular formula is C19H31N3O2S. The first-order valence-corrected chi connectivity index (χ1v) is 10.6. The highest BCUT2D eigenvalue weighted by Crippen LogP contribution is 2.34. The van der Waals surface area contributed by atoms with Crippen LogP contribution in [0.15, 0.2) is 5.38 Å². The number of hydrogen-bond acceptors (Lipinski definition) is 5. The molecule has 1 saturated carbocycles. The Morgan fingerprint density at radius 2 is 2.04 bits per heavy atom. The molecule has 0 spiro atoms. The van der Waals surface area contributed by atoms with Crippen molar-refractivity contribution in [2.75, 3.05) is 26.7 Å². The van der Waals surface area contributed by atoms with Gasteiger partial charge in [0.05, 0.1) is 17.2 Å². The van der Waals surface area contributed by atoms with Crippen LogP contribution in [0.3, 0.4) is 0 Å². The molecule has 0 amide bonds. The number of hydrogen-bond donors (Lipinski definition) is 1. The zero-order valence-corrected chi connectivity index (χ0v) is 16.1. The lowest BCUT2D eigenvalue weighted by Crippen LogP contribution is -2.36. The number of likely N-dealkylation sites (tertiary alicyclic amines) is 1. The summed E-state index contributed by atoms with van der Waals surface area (Å²) in [4.78, 5) is 20.3. The summed E-state index contributed by atoms with van der Waals surface area (Å²) in [5.41, 5.74) is 1.22. The Balaban J connectivity index is 1.50. The van der Waals surface area contributed by atoms with E-state index in [1.807, 2.05) is 23.3 Å². The summed E-state index contributed by atoms with van der Waals surface area (Å²) in [6.45, 7) is 3.21. The van der Waals surface area contributed by atoms with Crippen LogP contribution in [-0.4, -0.2) is 58.6 Å². The molecule has 1 aromatic heterocycles. The monoisotopic (exact) mass is 365 g/mol. The minimum absolute atomic E-state index is 0.140. The molecular weight excluding hydrogens is 334 g/mol. The number of carboxylic acids is 1. The zero-order valence-electron chi connectivity index (χ0n) is 15.3. The van der Waals surface area contributed by atoms with Gasteiger partial charge in [-0.3, -0.25) is 14.6 Å². The lowest BCUT2D eigenvalue weighted by atomic mass is 9.90. The number of likely N-dealkylation sites (N-methyl/N-ethyl adjacent to an activating group) is 1. The van der Waals surface area contributed by atoms with Gasteiger partial charge in [0.2, 0.25) is 0 Å². The maximum atomic E-state index is 10.9. The molecule has 140 valence electrons. The van der Waals surface area contributed by atoms with Crippen LogP contribution < -0.4 is 0 Å². The number of aliphatic carboxylic acids is 1. The minimum Gasteiger partial charge on any atom is -0.480 e. The average molecular weight is 366 g/mol. The van der Waals surface area contributed by atoms with Crippen LogP contribution >= 0.6 is 11.3 Å². The maximum absolute atomic E-state index is 10.9. The van der Waals surface area contributed by atoms with Crippen LogP contribution in [-0.2, 0) is 11.3 Å². The Hall–Kier alpha value is -0.980. The van der Waals surface area contributed by atoms with Crippen molar-refractivity contribution in [3.8, 4) is 0 Å². The van der Waals surface area contributed by atoms with Crippen molar-refractivity contribution in [3.05, 3.63) is 16.1 Å². The quantitative estimate of drug-likeness (QED) is 0.835. The van der Waals surface area contributed by atoms with Gasteiger partial charge in [0.25, 0.3) is 0 Å². The lowest BCUT2D eigenvalue weighted by molar-refractivity contribution is -0.138. The van der Waals surface area contributed by atoms with Crippen molar-refractivity contribution >= 4 is 17.3 Å². The van der Waals surface area contributed by atoms with Crippen molar-refractivity contribution in [2.24, 2.45) is 0 Å². The molecule has 6 heteroatoms. The summed E-state index contributed by atoms with van der Waals surface area (Å²) < 4.78 is 0. The van der Waals surface area contributed by atoms with Gasteiger partial charge in [0.1, 0.15) is 0 Å². The van der Waals surface area contributed by atoms with Gasteiger partial charge in [-0.25, -0.2) is 4.98 Å². The largest absolute Gasteiger partial charge is 0.480 e. The molecule has 0 bridgehead atoms. The van der Waals surface area contributed by atoms with E-state index in [2.05, 4.69) is 10.3 Å². The molecule has 1 N–H and O–H groups in total. The molecule has 1 aliphatic carbocycles. The predicted octanol–water partition coefficient (Wildman–Crippen LogP) is 3.56. The highest BCUT2D eigenvalue weighted by atomic mass is 32.1. The molecule has 0 radical (unpaired) electrons. The van der Waals surface area contributed by atoms with Gasteiger partial charge >= 0.3 is 5.97 Å². The molecule has 3 rings (SSSR count). The van der Waals surface area contributed by atoms with Gasteiger partial charge in [0, 0.05) is 30.4 Å². The van der Waals surface area contributed by atoms with E-state index in [0.29, 0.717) is 12.0 Å². The lowest BCUT2D eigenvalue weighted by Gasteiger charge is -2.25. The Bertz CT molecular complexity index is 557. The summed E-state index contributed by atoms with van der Waals surface area (Å²) >= 11 is 1.85. The van der Waals surface area contributed by atoms with Crippen LogP contribution in [0.4, 0.5) is 0 Å². The smallest absolute Gasteiger partial charge is 0.317 e. The highest BCUT2D eigenvalue weighted by molar-refractivity contribution is 7.09. The fourth-order valence-corrected chi connectivity index (χ4v) is 5.22. The molecule has 1 aromatic rings. The average Bonchev–Trinajstić information content (AvgIpc) is 2.93. The van der Waals surface area contributed by atoms with Crippen LogP contribution in [0.2, 0.25) is 0 Å². The SMILES string of the molecule is CN(CC(=O)O)C1CCCN(Cc2csc(C3CCCCC3)n2)CC1. The predicted molar refractivity (Wildman–Crippen MR) is 101 cm³/mol. The zero-order chi connectivity index (χ0) is 17.6. The van der Waals surface area contributed by atoms with Gasteiger partial charge < -0.3 is 5.11 Å². The van der Waals surface area contributed by atoms with Crippen molar-refractivity contribution in [2.45, 2.75) is 69.9 Å². The molecule has 2 heterocycles. The Morgan fingerprint density at radius 1 is 1.24 bits per heavy atom. The second-order valence-electron chi connectivity index (χ2n) is 7.68. The number of thiazole rings is 1. The van der Waals surface area contributed by atoms with Crippen molar-refractivity contribution in [1.82, 2.24) is 14.8 Å². The summed E-state index contributed by atoms with van der Waals surface area (Å²) in [5.74, 6) is -0.0352. The molecule has 0 aromatic carbocycles. The maximum Gasteiger partial charge on any atom is 0.317 e. The summed E-state index contributed by atoms with van der Waals surface area (Å²) in [6.07, 6.45) is 10.00. The van der Waals surface area contributed by atoms with Gasteiger partial charge in [0.15, 0.2) is 0 Å². The summed E-state index contributed by atoms with van der Waals surface area (Å²) in [7, 11) is 1.94. The van der Waals surface area contributed by atoms with Crippen LogP contribution in [0.25, 0.3) is 0 Å². The van der Waals surface area contributed by atoms with Crippen molar-refractivity contribution in [1.29, 1.82) is 0 Å². The first-order chi connectivity index (χ1) is 12.1. The third kappa shape index (κ3) is 5.50. The molecule has 2 fully saturated rings. The molecule has 25 heavy (non-hydrogen) atoms. The van der Waals surface area contributed by atoms with Gasteiger partial charge in [-0.15, -0.1) is 11.3 Å². The Labute approximate surface area is 155 Å². The number of carbonyl (C=O) groups is 1. The fourth-order valence-electron chi connectivity index (χ4n) is 4.24. The van der Waals surface area contributed by atoms with Crippen molar-refractivity contribution in [3.63, 3.8) is 0 Å². The molecule has 5 nitrogen and oxygen atoms in total. The van der Waals surface area contributed by atoms with Crippen LogP contribution in [0.1, 0.15) is 68.0 Å². The number of carboxylic acid groups (broad SMARTS) is 1. The number of rotatable bonds is 6. The van der Waals surface area contributed by atoms with Gasteiger partial charge in [-0.2, -0.15) is 0 Å². The van der Waals surface area contributed by atoms with E-state index in [4.69, 9.17) is 10.1 Å². The molecule has 1 aliphatic heterocycles. The number of nitrogens with zero attached hydrogens (tertiary/aromatic N) is 3. The van der Waals surface area contributed by atoms with Gasteiger partial charge in [-0.05, 0) is 45.7 Å². The van der Waals surface area contributed by atoms with Crippen molar-refractivity contribution < 1.29 is 9.90 Å². The second kappa shape index (κ2) is 9.10. The molecule has 2 aliphatic rings. The van der Waals surface area contributed by atoms with E-state index >= 15 is 0 Å². The second-order valence-corrected chi connectivity index (χ2v) is 8.57. The minimum atomic E-state index is -0.735. The first-order valence-electron chi connectivity index (χ1n) is 9.70. The molecule has 1 saturated heterocycles. The van der Waals surface area contributed by atoms with E-state index in [9.17, 15) is 4.79 Å². The molecule has 1 unspecified atom stereocenters. The third-order valence-corrected chi connectivity index (χ3v) is 6.76. The van der Waals surface area contributed by atoms with E-state index in [0.717, 1.165) is 38.9 Å². The van der Waals surface area contributed by atoms with E-state index < -0.39 is 5.97 Å². The van der Waals surface area contributed by atoms with Crippen LogP contribution in [0, 0.1) is 0 Å². The van der Waals surface area contributed by atoms with Crippen LogP contribution in [0.5, 0.6) is 0 Å².